The first-order valence-corrected chi connectivity index (χ1v) is 8.31. The minimum Gasteiger partial charge on any atom is -0.496 e. The molecule has 0 aliphatic carbocycles. The smallest absolute Gasteiger partial charge is 0.339 e. The lowest BCUT2D eigenvalue weighted by atomic mass is 10.1. The van der Waals surface area contributed by atoms with Crippen molar-refractivity contribution in [2.45, 2.75) is 24.9 Å². The summed E-state index contributed by atoms with van der Waals surface area (Å²) in [5, 5.41) is 8.79. The first-order valence-electron chi connectivity index (χ1n) is 6.83. The summed E-state index contributed by atoms with van der Waals surface area (Å²) in [6.07, 6.45) is 2.64. The van der Waals surface area contributed by atoms with E-state index >= 15 is 0 Å². The Kier molecular flexibility index (Phi) is 4.78. The van der Waals surface area contributed by atoms with Gasteiger partial charge in [-0.15, -0.1) is 0 Å². The van der Waals surface area contributed by atoms with Gasteiger partial charge in [-0.1, -0.05) is 0 Å². The average molecular weight is 357 g/mol. The summed E-state index contributed by atoms with van der Waals surface area (Å²) in [6, 6.07) is 1.65. The minimum absolute atomic E-state index is 0.00205. The zero-order chi connectivity index (χ0) is 18.1. The third-order valence-electron chi connectivity index (χ3n) is 3.21. The van der Waals surface area contributed by atoms with Gasteiger partial charge in [0.2, 0.25) is 0 Å². The number of aromatic carboxylic acids is 1. The molecule has 10 heteroatoms. The third kappa shape index (κ3) is 3.48. The van der Waals surface area contributed by atoms with E-state index in [0.29, 0.717) is 0 Å². The summed E-state index contributed by atoms with van der Waals surface area (Å²) < 4.78 is 47.0. The minimum atomic E-state index is -4.17. The number of anilines is 1. The molecule has 0 aliphatic heterocycles. The number of carboxylic acid groups (broad SMARTS) is 1. The van der Waals surface area contributed by atoms with Crippen LogP contribution >= 0.6 is 0 Å². The Bertz CT molecular complexity index is 877. The van der Waals surface area contributed by atoms with E-state index in [1.54, 1.807) is 4.57 Å². The highest BCUT2D eigenvalue weighted by molar-refractivity contribution is 7.92. The maximum atomic E-state index is 14.0. The molecule has 1 aromatic carbocycles. The summed E-state index contributed by atoms with van der Waals surface area (Å²) in [7, 11) is -2.98. The second kappa shape index (κ2) is 6.48. The van der Waals surface area contributed by atoms with Gasteiger partial charge in [-0.05, 0) is 19.9 Å². The Hall–Kier alpha value is -2.62. The number of aromatic nitrogens is 2. The fourth-order valence-corrected chi connectivity index (χ4v) is 2.90. The molecule has 0 fully saturated rings. The van der Waals surface area contributed by atoms with Crippen molar-refractivity contribution in [2.75, 3.05) is 11.8 Å². The van der Waals surface area contributed by atoms with E-state index in [2.05, 4.69) is 4.98 Å². The Morgan fingerprint density at radius 3 is 2.58 bits per heavy atom. The van der Waals surface area contributed by atoms with Crippen LogP contribution in [0.2, 0.25) is 0 Å². The van der Waals surface area contributed by atoms with E-state index in [4.69, 9.17) is 9.84 Å². The quantitative estimate of drug-likeness (QED) is 0.819. The molecule has 0 saturated carbocycles. The van der Waals surface area contributed by atoms with E-state index in [1.165, 1.54) is 19.6 Å². The van der Waals surface area contributed by atoms with Gasteiger partial charge in [-0.25, -0.2) is 14.2 Å². The van der Waals surface area contributed by atoms with Crippen molar-refractivity contribution >= 4 is 21.7 Å². The summed E-state index contributed by atoms with van der Waals surface area (Å²) in [6.45, 7) is 3.68. The van der Waals surface area contributed by atoms with Crippen LogP contribution in [-0.4, -0.2) is 36.2 Å². The van der Waals surface area contributed by atoms with E-state index in [1.807, 2.05) is 18.6 Å². The maximum absolute atomic E-state index is 14.0. The van der Waals surface area contributed by atoms with Gasteiger partial charge in [0.05, 0.1) is 19.1 Å². The van der Waals surface area contributed by atoms with Gasteiger partial charge in [0.15, 0.2) is 10.8 Å². The number of benzene rings is 1. The Morgan fingerprint density at radius 2 is 2.08 bits per heavy atom. The zero-order valence-electron chi connectivity index (χ0n) is 13.1. The Labute approximate surface area is 137 Å². The van der Waals surface area contributed by atoms with Crippen LogP contribution in [0.3, 0.4) is 0 Å². The van der Waals surface area contributed by atoms with Crippen molar-refractivity contribution in [3.63, 3.8) is 0 Å². The molecule has 8 nitrogen and oxygen atoms in total. The van der Waals surface area contributed by atoms with Crippen molar-refractivity contribution in [1.82, 2.24) is 9.55 Å². The van der Waals surface area contributed by atoms with Crippen LogP contribution in [0.5, 0.6) is 5.75 Å². The third-order valence-corrected chi connectivity index (χ3v) is 4.46. The van der Waals surface area contributed by atoms with Gasteiger partial charge in [-0.2, -0.15) is 8.42 Å². The number of hydrogen-bond donors (Lipinski definition) is 2. The normalized spacial score (nSPS) is 11.5. The number of sulfonamides is 1. The Morgan fingerprint density at radius 1 is 1.42 bits per heavy atom. The highest BCUT2D eigenvalue weighted by atomic mass is 32.2. The van der Waals surface area contributed by atoms with Crippen molar-refractivity contribution in [3.05, 3.63) is 36.0 Å². The number of methoxy groups -OCH3 is 1. The number of nitrogens with one attached hydrogen (secondary N) is 1. The topological polar surface area (TPSA) is 111 Å². The molecule has 2 rings (SSSR count). The predicted octanol–water partition coefficient (Wildman–Crippen LogP) is 2.11. The molecular weight excluding hydrogens is 341 g/mol. The largest absolute Gasteiger partial charge is 0.496 e. The molecule has 0 spiro atoms. The van der Waals surface area contributed by atoms with Gasteiger partial charge in [-0.3, -0.25) is 4.72 Å². The number of carbonyl (C=O) groups is 1. The molecule has 2 aromatic rings. The highest BCUT2D eigenvalue weighted by Crippen LogP contribution is 2.27. The van der Waals surface area contributed by atoms with Crippen LogP contribution in [0, 0.1) is 5.82 Å². The summed E-state index contributed by atoms with van der Waals surface area (Å²) in [4.78, 5) is 14.9. The average Bonchev–Trinajstić information content (AvgIpc) is 2.99. The van der Waals surface area contributed by atoms with E-state index < -0.39 is 27.5 Å². The second-order valence-corrected chi connectivity index (χ2v) is 6.83. The monoisotopic (exact) mass is 357 g/mol. The predicted molar refractivity (Wildman–Crippen MR) is 83.3 cm³/mol. The lowest BCUT2D eigenvalue weighted by molar-refractivity contribution is 0.0693. The lowest BCUT2D eigenvalue weighted by Crippen LogP contribution is -2.15. The van der Waals surface area contributed by atoms with Crippen molar-refractivity contribution in [1.29, 1.82) is 0 Å². The molecule has 1 heterocycles. The molecule has 0 atom stereocenters. The number of nitrogens with zero attached hydrogens (tertiary/aromatic N) is 2. The molecule has 0 bridgehead atoms. The standard InChI is InChI=1S/C14H16FN3O5S/c1-8(2)18-6-13(16-7-18)24(21,22)17-11-4-9(14(19)20)12(23-3)5-10(11)15/h4-8,17H,1-3H3,(H,19,20). The number of rotatable bonds is 6. The number of hydrogen-bond acceptors (Lipinski definition) is 5. The zero-order valence-corrected chi connectivity index (χ0v) is 14.0. The van der Waals surface area contributed by atoms with Crippen molar-refractivity contribution in [2.24, 2.45) is 0 Å². The second-order valence-electron chi connectivity index (χ2n) is 5.20. The van der Waals surface area contributed by atoms with E-state index in [-0.39, 0.29) is 22.4 Å². The molecule has 0 aliphatic rings. The summed E-state index contributed by atoms with van der Waals surface area (Å²) >= 11 is 0. The SMILES string of the molecule is COc1cc(F)c(NS(=O)(=O)c2cn(C(C)C)cn2)cc1C(=O)O. The molecule has 24 heavy (non-hydrogen) atoms. The van der Waals surface area contributed by atoms with Gasteiger partial charge in [0.1, 0.15) is 11.3 Å². The Balaban J connectivity index is 2.42. The van der Waals surface area contributed by atoms with E-state index in [0.717, 1.165) is 12.1 Å². The highest BCUT2D eigenvalue weighted by Gasteiger charge is 2.22. The lowest BCUT2D eigenvalue weighted by Gasteiger charge is -2.11. The molecule has 130 valence electrons. The van der Waals surface area contributed by atoms with Gasteiger partial charge in [0.25, 0.3) is 10.0 Å². The fraction of sp³-hybridized carbons (Fsp3) is 0.286. The van der Waals surface area contributed by atoms with Gasteiger partial charge >= 0.3 is 5.97 Å². The molecule has 0 amide bonds. The maximum Gasteiger partial charge on any atom is 0.339 e. The van der Waals surface area contributed by atoms with Gasteiger partial charge in [0, 0.05) is 18.3 Å². The van der Waals surface area contributed by atoms with Gasteiger partial charge < -0.3 is 14.4 Å². The van der Waals surface area contributed by atoms with Crippen molar-refractivity contribution < 1.29 is 27.4 Å². The van der Waals surface area contributed by atoms with Crippen LogP contribution in [-0.2, 0) is 10.0 Å². The molecule has 1 aromatic heterocycles. The number of imidazole rings is 1. The fourth-order valence-electron chi connectivity index (χ4n) is 1.91. The molecule has 0 unspecified atom stereocenters. The first-order chi connectivity index (χ1) is 11.2. The number of carboxylic acids is 1. The first kappa shape index (κ1) is 17.7. The van der Waals surface area contributed by atoms with E-state index in [9.17, 15) is 17.6 Å². The number of halogens is 1. The molecular formula is C14H16FN3O5S. The molecule has 0 radical (unpaired) electrons. The summed E-state index contributed by atoms with van der Waals surface area (Å²) in [5.41, 5.74) is -0.878. The van der Waals surface area contributed by atoms with Crippen LogP contribution in [0.15, 0.2) is 29.7 Å². The van der Waals surface area contributed by atoms with Crippen LogP contribution in [0.25, 0.3) is 0 Å². The van der Waals surface area contributed by atoms with Crippen LogP contribution < -0.4 is 9.46 Å². The molecule has 2 N–H and O–H groups in total. The summed E-state index contributed by atoms with van der Waals surface area (Å²) in [5.74, 6) is -2.56. The number of ether oxygens (including phenoxy) is 1. The van der Waals surface area contributed by atoms with Crippen molar-refractivity contribution in [3.8, 4) is 5.75 Å². The van der Waals surface area contributed by atoms with Crippen LogP contribution in [0.1, 0.15) is 30.2 Å². The molecule has 0 saturated heterocycles. The van der Waals surface area contributed by atoms with Crippen LogP contribution in [0.4, 0.5) is 10.1 Å².